The van der Waals surface area contributed by atoms with E-state index >= 15 is 0 Å². The van der Waals surface area contributed by atoms with Crippen molar-refractivity contribution in [2.45, 2.75) is 44.9 Å². The van der Waals surface area contributed by atoms with E-state index in [4.69, 9.17) is 0 Å². The quantitative estimate of drug-likeness (QED) is 0.743. The van der Waals surface area contributed by atoms with Gasteiger partial charge in [0.25, 0.3) is 0 Å². The Balaban J connectivity index is 1.61. The SMILES string of the molecule is Cc1nn(C)c(C)c1CCNC(=O)[C@H]1CCCN(S(=O)(=O)c2cnn(C)c2C)C1. The summed E-state index contributed by atoms with van der Waals surface area (Å²) in [7, 11) is -0.0284. The Labute approximate surface area is 172 Å². The Morgan fingerprint density at radius 2 is 1.93 bits per heavy atom. The first-order chi connectivity index (χ1) is 13.6. The number of hydrogen-bond donors (Lipinski definition) is 1. The molecule has 1 amide bonds. The molecule has 160 valence electrons. The van der Waals surface area contributed by atoms with Crippen molar-refractivity contribution >= 4 is 15.9 Å². The summed E-state index contributed by atoms with van der Waals surface area (Å²) in [6.45, 7) is 6.85. The predicted molar refractivity (Wildman–Crippen MR) is 109 cm³/mol. The Bertz CT molecular complexity index is 1010. The zero-order chi connectivity index (χ0) is 21.3. The van der Waals surface area contributed by atoms with Gasteiger partial charge in [-0.05, 0) is 45.6 Å². The highest BCUT2D eigenvalue weighted by Gasteiger charge is 2.34. The lowest BCUT2D eigenvalue weighted by Gasteiger charge is -2.31. The fourth-order valence-corrected chi connectivity index (χ4v) is 5.59. The molecule has 1 aliphatic heterocycles. The third-order valence-corrected chi connectivity index (χ3v) is 7.86. The number of hydrogen-bond acceptors (Lipinski definition) is 5. The first kappa shape index (κ1) is 21.5. The highest BCUT2D eigenvalue weighted by Crippen LogP contribution is 2.25. The molecule has 2 aromatic rings. The van der Waals surface area contributed by atoms with Crippen molar-refractivity contribution < 1.29 is 13.2 Å². The van der Waals surface area contributed by atoms with Crippen LogP contribution in [0.2, 0.25) is 0 Å². The zero-order valence-corrected chi connectivity index (χ0v) is 18.6. The van der Waals surface area contributed by atoms with E-state index in [2.05, 4.69) is 15.5 Å². The molecule has 0 aromatic carbocycles. The second-order valence-electron chi connectivity index (χ2n) is 7.73. The molecule has 1 saturated heterocycles. The Morgan fingerprint density at radius 3 is 2.52 bits per heavy atom. The summed E-state index contributed by atoms with van der Waals surface area (Å²) in [5, 5.41) is 11.4. The van der Waals surface area contributed by atoms with Gasteiger partial charge in [0, 0.05) is 39.4 Å². The van der Waals surface area contributed by atoms with Crippen LogP contribution >= 0.6 is 0 Å². The maximum Gasteiger partial charge on any atom is 0.246 e. The third-order valence-electron chi connectivity index (χ3n) is 5.90. The summed E-state index contributed by atoms with van der Waals surface area (Å²) < 4.78 is 30.8. The summed E-state index contributed by atoms with van der Waals surface area (Å²) in [5.74, 6) is -0.432. The Morgan fingerprint density at radius 1 is 1.21 bits per heavy atom. The minimum Gasteiger partial charge on any atom is -0.355 e. The van der Waals surface area contributed by atoms with Gasteiger partial charge in [0.1, 0.15) is 4.90 Å². The van der Waals surface area contributed by atoms with E-state index in [0.717, 1.165) is 17.0 Å². The van der Waals surface area contributed by atoms with Gasteiger partial charge in [-0.1, -0.05) is 0 Å². The number of aromatic nitrogens is 4. The van der Waals surface area contributed by atoms with Crippen molar-refractivity contribution in [3.05, 3.63) is 28.8 Å². The van der Waals surface area contributed by atoms with Gasteiger partial charge < -0.3 is 5.32 Å². The second kappa shape index (κ2) is 8.27. The van der Waals surface area contributed by atoms with Crippen LogP contribution in [0.25, 0.3) is 0 Å². The number of amides is 1. The molecule has 0 radical (unpaired) electrons. The lowest BCUT2D eigenvalue weighted by atomic mass is 9.98. The van der Waals surface area contributed by atoms with Crippen molar-refractivity contribution in [2.24, 2.45) is 20.0 Å². The van der Waals surface area contributed by atoms with Gasteiger partial charge in [0.05, 0.1) is 23.5 Å². The summed E-state index contributed by atoms with van der Waals surface area (Å²) in [4.78, 5) is 12.9. The molecule has 1 fully saturated rings. The molecule has 1 aliphatic rings. The molecule has 0 bridgehead atoms. The number of carbonyl (C=O) groups excluding carboxylic acids is 1. The smallest absolute Gasteiger partial charge is 0.246 e. The van der Waals surface area contributed by atoms with Gasteiger partial charge in [0.15, 0.2) is 0 Å². The number of nitrogens with one attached hydrogen (secondary N) is 1. The molecule has 1 N–H and O–H groups in total. The molecule has 1 atom stereocenters. The van der Waals surface area contributed by atoms with Crippen molar-refractivity contribution in [1.82, 2.24) is 29.2 Å². The summed E-state index contributed by atoms with van der Waals surface area (Å²) in [5.41, 5.74) is 3.81. The van der Waals surface area contributed by atoms with Crippen LogP contribution < -0.4 is 5.32 Å². The number of piperidine rings is 1. The third kappa shape index (κ3) is 4.23. The average molecular weight is 423 g/mol. The van der Waals surface area contributed by atoms with Gasteiger partial charge in [0.2, 0.25) is 15.9 Å². The van der Waals surface area contributed by atoms with Gasteiger partial charge in [-0.15, -0.1) is 0 Å². The van der Waals surface area contributed by atoms with E-state index in [1.165, 1.54) is 10.5 Å². The molecule has 3 rings (SSSR count). The van der Waals surface area contributed by atoms with Crippen molar-refractivity contribution in [3.8, 4) is 0 Å². The zero-order valence-electron chi connectivity index (χ0n) is 17.8. The molecule has 10 heteroatoms. The maximum atomic E-state index is 13.0. The lowest BCUT2D eigenvalue weighted by molar-refractivity contribution is -0.126. The first-order valence-corrected chi connectivity index (χ1v) is 11.3. The summed E-state index contributed by atoms with van der Waals surface area (Å²) in [6, 6.07) is 0. The van der Waals surface area contributed by atoms with Crippen molar-refractivity contribution in [1.29, 1.82) is 0 Å². The predicted octanol–water partition coefficient (Wildman–Crippen LogP) is 0.838. The first-order valence-electron chi connectivity index (χ1n) is 9.88. The fourth-order valence-electron chi connectivity index (χ4n) is 3.88. The largest absolute Gasteiger partial charge is 0.355 e. The fraction of sp³-hybridized carbons (Fsp3) is 0.632. The molecular formula is C19H30N6O3S. The molecule has 29 heavy (non-hydrogen) atoms. The minimum atomic E-state index is -3.65. The van der Waals surface area contributed by atoms with Crippen LogP contribution in [-0.4, -0.2) is 57.8 Å². The number of rotatable bonds is 6. The summed E-state index contributed by atoms with van der Waals surface area (Å²) in [6.07, 6.45) is 3.44. The standard InChI is InChI=1S/C19H30N6O3S/c1-13-17(14(2)24(5)22-13)8-9-20-19(26)16-7-6-10-25(12-16)29(27,28)18-11-21-23(4)15(18)3/h11,16H,6-10,12H2,1-5H3,(H,20,26)/t16-/m0/s1. The van der Waals surface area contributed by atoms with Crippen LogP contribution in [0.5, 0.6) is 0 Å². The van der Waals surface area contributed by atoms with Gasteiger partial charge in [-0.2, -0.15) is 14.5 Å². The van der Waals surface area contributed by atoms with Crippen LogP contribution in [0.4, 0.5) is 0 Å². The van der Waals surface area contributed by atoms with Gasteiger partial charge in [-0.3, -0.25) is 14.2 Å². The topological polar surface area (TPSA) is 102 Å². The Hall–Kier alpha value is -2.20. The molecule has 0 unspecified atom stereocenters. The molecule has 3 heterocycles. The van der Waals surface area contributed by atoms with Crippen LogP contribution in [0.1, 0.15) is 35.5 Å². The van der Waals surface area contributed by atoms with Gasteiger partial charge in [-0.25, -0.2) is 8.42 Å². The van der Waals surface area contributed by atoms with Crippen LogP contribution in [0.15, 0.2) is 11.1 Å². The number of aryl methyl sites for hydroxylation is 3. The average Bonchev–Trinajstić information content (AvgIpc) is 3.15. The van der Waals surface area contributed by atoms with E-state index in [9.17, 15) is 13.2 Å². The highest BCUT2D eigenvalue weighted by molar-refractivity contribution is 7.89. The molecule has 0 spiro atoms. The number of sulfonamides is 1. The second-order valence-corrected chi connectivity index (χ2v) is 9.64. The van der Waals surface area contributed by atoms with E-state index in [0.29, 0.717) is 38.0 Å². The molecule has 0 saturated carbocycles. The molecule has 2 aromatic heterocycles. The van der Waals surface area contributed by atoms with E-state index in [1.807, 2.05) is 25.6 Å². The minimum absolute atomic E-state index is 0.0907. The number of carbonyl (C=O) groups is 1. The monoisotopic (exact) mass is 422 g/mol. The number of nitrogens with zero attached hydrogens (tertiary/aromatic N) is 5. The molecule has 0 aliphatic carbocycles. The van der Waals surface area contributed by atoms with Gasteiger partial charge >= 0.3 is 0 Å². The highest BCUT2D eigenvalue weighted by atomic mass is 32.2. The van der Waals surface area contributed by atoms with Crippen molar-refractivity contribution in [2.75, 3.05) is 19.6 Å². The van der Waals surface area contributed by atoms with E-state index < -0.39 is 10.0 Å². The maximum absolute atomic E-state index is 13.0. The Kier molecular flexibility index (Phi) is 6.13. The van der Waals surface area contributed by atoms with E-state index in [-0.39, 0.29) is 23.3 Å². The van der Waals surface area contributed by atoms with Crippen LogP contribution in [-0.2, 0) is 35.3 Å². The lowest BCUT2D eigenvalue weighted by Crippen LogP contribution is -2.45. The summed E-state index contributed by atoms with van der Waals surface area (Å²) >= 11 is 0. The molecule has 9 nitrogen and oxygen atoms in total. The normalized spacial score (nSPS) is 18.2. The van der Waals surface area contributed by atoms with Crippen molar-refractivity contribution in [3.63, 3.8) is 0 Å². The van der Waals surface area contributed by atoms with E-state index in [1.54, 1.807) is 18.7 Å². The van der Waals surface area contributed by atoms with Crippen LogP contribution in [0.3, 0.4) is 0 Å². The van der Waals surface area contributed by atoms with Crippen LogP contribution in [0, 0.1) is 26.7 Å². The molecular weight excluding hydrogens is 392 g/mol.